The Balaban J connectivity index is 2.04. The molecule has 1 aromatic heterocycles. The summed E-state index contributed by atoms with van der Waals surface area (Å²) in [5, 5.41) is 4.08. The van der Waals surface area contributed by atoms with Crippen LogP contribution in [-0.4, -0.2) is 46.8 Å². The highest BCUT2D eigenvalue weighted by Crippen LogP contribution is 2.24. The highest BCUT2D eigenvalue weighted by molar-refractivity contribution is 5.00. The fourth-order valence-corrected chi connectivity index (χ4v) is 2.39. The van der Waals surface area contributed by atoms with Crippen molar-refractivity contribution in [2.45, 2.75) is 58.2 Å². The summed E-state index contributed by atoms with van der Waals surface area (Å²) < 4.78 is 11.1. The lowest BCUT2D eigenvalue weighted by Gasteiger charge is -2.34. The number of hydrogen-bond donors (Lipinski definition) is 1. The number of morpholine rings is 1. The predicted octanol–water partition coefficient (Wildman–Crippen LogP) is 1.69. The molecule has 1 saturated heterocycles. The van der Waals surface area contributed by atoms with E-state index in [0.717, 1.165) is 19.5 Å². The van der Waals surface area contributed by atoms with Gasteiger partial charge in [0.05, 0.1) is 12.5 Å². The minimum Gasteiger partial charge on any atom is -0.367 e. The van der Waals surface area contributed by atoms with Gasteiger partial charge in [-0.1, -0.05) is 19.0 Å². The lowest BCUT2D eigenvalue weighted by atomic mass is 10.0. The Morgan fingerprint density at radius 1 is 1.40 bits per heavy atom. The van der Waals surface area contributed by atoms with Crippen molar-refractivity contribution in [2.24, 2.45) is 5.73 Å². The molecule has 2 heterocycles. The molecule has 0 saturated carbocycles. The van der Waals surface area contributed by atoms with E-state index in [9.17, 15) is 0 Å². The summed E-state index contributed by atoms with van der Waals surface area (Å²) in [5.74, 6) is 1.33. The van der Waals surface area contributed by atoms with Crippen molar-refractivity contribution < 1.29 is 9.26 Å². The van der Waals surface area contributed by atoms with Gasteiger partial charge in [0.1, 0.15) is 6.10 Å². The van der Waals surface area contributed by atoms with E-state index in [1.807, 2.05) is 6.92 Å². The molecule has 1 aromatic rings. The van der Waals surface area contributed by atoms with Crippen molar-refractivity contribution in [3.05, 3.63) is 11.7 Å². The number of nitrogens with zero attached hydrogens (tertiary/aromatic N) is 3. The van der Waals surface area contributed by atoms with Crippen molar-refractivity contribution >= 4 is 0 Å². The third-order valence-electron chi connectivity index (χ3n) is 4.08. The summed E-state index contributed by atoms with van der Waals surface area (Å²) in [6.45, 7) is 10.9. The summed E-state index contributed by atoms with van der Waals surface area (Å²) >= 11 is 0. The van der Waals surface area contributed by atoms with Gasteiger partial charge in [0.2, 0.25) is 11.7 Å². The Morgan fingerprint density at radius 2 is 2.15 bits per heavy atom. The van der Waals surface area contributed by atoms with Gasteiger partial charge in [-0.25, -0.2) is 0 Å². The van der Waals surface area contributed by atoms with Crippen molar-refractivity contribution in [2.75, 3.05) is 19.7 Å². The molecule has 0 amide bonds. The molecule has 1 aliphatic heterocycles. The van der Waals surface area contributed by atoms with Crippen LogP contribution in [0.25, 0.3) is 0 Å². The van der Waals surface area contributed by atoms with Gasteiger partial charge >= 0.3 is 0 Å². The van der Waals surface area contributed by atoms with Gasteiger partial charge in [-0.3, -0.25) is 4.90 Å². The average molecular weight is 282 g/mol. The molecule has 1 fully saturated rings. The summed E-state index contributed by atoms with van der Waals surface area (Å²) in [6.07, 6.45) is 0.786. The van der Waals surface area contributed by atoms with Crippen LogP contribution in [0.1, 0.15) is 57.9 Å². The standard InChI is InChI=1S/C14H26N4O2/c1-5-11(15)10(4)14-16-13(17-20-14)12-8-18(9(2)3)6-7-19-12/h9-12H,5-8,15H2,1-4H3. The second-order valence-electron chi connectivity index (χ2n) is 5.80. The van der Waals surface area contributed by atoms with E-state index in [1.165, 1.54) is 0 Å². The lowest BCUT2D eigenvalue weighted by Crippen LogP contribution is -2.42. The first-order valence-electron chi connectivity index (χ1n) is 7.47. The highest BCUT2D eigenvalue weighted by Gasteiger charge is 2.29. The molecule has 0 spiro atoms. The zero-order chi connectivity index (χ0) is 14.7. The van der Waals surface area contributed by atoms with E-state index in [-0.39, 0.29) is 18.1 Å². The highest BCUT2D eigenvalue weighted by atomic mass is 16.5. The normalized spacial score (nSPS) is 24.0. The van der Waals surface area contributed by atoms with E-state index in [4.69, 9.17) is 15.0 Å². The minimum atomic E-state index is -0.103. The maximum atomic E-state index is 6.03. The van der Waals surface area contributed by atoms with E-state index in [0.29, 0.717) is 24.4 Å². The monoisotopic (exact) mass is 282 g/mol. The van der Waals surface area contributed by atoms with Gasteiger partial charge in [-0.15, -0.1) is 0 Å². The van der Waals surface area contributed by atoms with E-state index in [2.05, 4.69) is 35.8 Å². The van der Waals surface area contributed by atoms with E-state index >= 15 is 0 Å². The Hall–Kier alpha value is -0.980. The third kappa shape index (κ3) is 3.37. The fraction of sp³-hybridized carbons (Fsp3) is 0.857. The smallest absolute Gasteiger partial charge is 0.231 e. The van der Waals surface area contributed by atoms with Crippen molar-refractivity contribution in [1.82, 2.24) is 15.0 Å². The number of nitrogens with two attached hydrogens (primary N) is 1. The second-order valence-corrected chi connectivity index (χ2v) is 5.80. The number of ether oxygens (including phenoxy) is 1. The first-order valence-corrected chi connectivity index (χ1v) is 7.47. The molecule has 6 heteroatoms. The van der Waals surface area contributed by atoms with Gasteiger partial charge in [0.25, 0.3) is 0 Å². The molecule has 0 aliphatic carbocycles. The van der Waals surface area contributed by atoms with Gasteiger partial charge in [-0.05, 0) is 20.3 Å². The second kappa shape index (κ2) is 6.65. The van der Waals surface area contributed by atoms with Crippen molar-refractivity contribution in [1.29, 1.82) is 0 Å². The van der Waals surface area contributed by atoms with Crippen LogP contribution < -0.4 is 5.73 Å². The zero-order valence-electron chi connectivity index (χ0n) is 12.9. The molecule has 0 bridgehead atoms. The molecule has 6 nitrogen and oxygen atoms in total. The maximum absolute atomic E-state index is 6.03. The predicted molar refractivity (Wildman–Crippen MR) is 76.4 cm³/mol. The molecule has 3 unspecified atom stereocenters. The Labute approximate surface area is 120 Å². The quantitative estimate of drug-likeness (QED) is 0.885. The van der Waals surface area contributed by atoms with Gasteiger partial charge in [0, 0.05) is 25.2 Å². The Kier molecular flexibility index (Phi) is 5.12. The maximum Gasteiger partial charge on any atom is 0.231 e. The molecule has 20 heavy (non-hydrogen) atoms. The molecular formula is C14H26N4O2. The molecular weight excluding hydrogens is 256 g/mol. The molecule has 1 aliphatic rings. The summed E-state index contributed by atoms with van der Waals surface area (Å²) in [6, 6.07) is 0.544. The Morgan fingerprint density at radius 3 is 2.80 bits per heavy atom. The number of aromatic nitrogens is 2. The van der Waals surface area contributed by atoms with Crippen LogP contribution in [0, 0.1) is 0 Å². The molecule has 2 N–H and O–H groups in total. The van der Waals surface area contributed by atoms with Gasteiger partial charge < -0.3 is 15.0 Å². The van der Waals surface area contributed by atoms with Crippen molar-refractivity contribution in [3.63, 3.8) is 0 Å². The average Bonchev–Trinajstić information content (AvgIpc) is 2.95. The summed E-state index contributed by atoms with van der Waals surface area (Å²) in [5.41, 5.74) is 6.03. The molecule has 3 atom stereocenters. The molecule has 0 radical (unpaired) electrons. The van der Waals surface area contributed by atoms with Gasteiger partial charge in [0.15, 0.2) is 0 Å². The topological polar surface area (TPSA) is 77.4 Å². The van der Waals surface area contributed by atoms with E-state index < -0.39 is 0 Å². The van der Waals surface area contributed by atoms with Gasteiger partial charge in [-0.2, -0.15) is 4.98 Å². The van der Waals surface area contributed by atoms with Crippen LogP contribution in [0.5, 0.6) is 0 Å². The lowest BCUT2D eigenvalue weighted by molar-refractivity contribution is -0.0450. The van der Waals surface area contributed by atoms with Crippen LogP contribution in [0.15, 0.2) is 4.52 Å². The fourth-order valence-electron chi connectivity index (χ4n) is 2.39. The molecule has 0 aromatic carbocycles. The van der Waals surface area contributed by atoms with E-state index in [1.54, 1.807) is 0 Å². The number of hydrogen-bond acceptors (Lipinski definition) is 6. The summed E-state index contributed by atoms with van der Waals surface area (Å²) in [7, 11) is 0. The van der Waals surface area contributed by atoms with Crippen molar-refractivity contribution in [3.8, 4) is 0 Å². The summed E-state index contributed by atoms with van der Waals surface area (Å²) in [4.78, 5) is 6.85. The molecule has 2 rings (SSSR count). The Bertz CT molecular complexity index is 421. The minimum absolute atomic E-state index is 0.0442. The largest absolute Gasteiger partial charge is 0.367 e. The molecule has 114 valence electrons. The number of rotatable bonds is 5. The first-order chi connectivity index (χ1) is 9.52. The van der Waals surface area contributed by atoms with Crippen LogP contribution >= 0.6 is 0 Å². The first kappa shape index (κ1) is 15.4. The van der Waals surface area contributed by atoms with Crippen LogP contribution in [0.2, 0.25) is 0 Å². The van der Waals surface area contributed by atoms with Crippen LogP contribution in [0.4, 0.5) is 0 Å². The van der Waals surface area contributed by atoms with Crippen LogP contribution in [0.3, 0.4) is 0 Å². The SMILES string of the molecule is CCC(N)C(C)c1nc(C2CN(C(C)C)CCO2)no1. The van der Waals surface area contributed by atoms with Crippen LogP contribution in [-0.2, 0) is 4.74 Å². The third-order valence-corrected chi connectivity index (χ3v) is 4.08. The zero-order valence-corrected chi connectivity index (χ0v) is 12.9.